The average molecular weight is 204 g/mol. The number of carbonyl (C=O) groups is 1. The Bertz CT molecular complexity index is 350. The summed E-state index contributed by atoms with van der Waals surface area (Å²) < 4.78 is 36.9. The minimum absolute atomic E-state index is 0.0213. The Labute approximate surface area is 77.5 Å². The number of rotatable bonds is 1. The Morgan fingerprint density at radius 1 is 1.14 bits per heavy atom. The second-order valence-corrected chi connectivity index (χ2v) is 2.69. The number of benzene rings is 1. The van der Waals surface area contributed by atoms with Gasteiger partial charge in [0.25, 0.3) is 0 Å². The normalized spacial score (nSPS) is 11.4. The quantitative estimate of drug-likeness (QED) is 0.540. The molecule has 0 atom stereocenters. The summed E-state index contributed by atoms with van der Waals surface area (Å²) in [5.41, 5.74) is 8.09. The van der Waals surface area contributed by atoms with Crippen LogP contribution < -0.4 is 11.5 Å². The highest BCUT2D eigenvalue weighted by Gasteiger charge is 2.35. The van der Waals surface area contributed by atoms with Gasteiger partial charge >= 0.3 is 6.18 Å². The summed E-state index contributed by atoms with van der Waals surface area (Å²) in [5, 5.41) is 0. The van der Waals surface area contributed by atoms with Gasteiger partial charge in [-0.15, -0.1) is 0 Å². The van der Waals surface area contributed by atoms with Crippen LogP contribution in [0.5, 0.6) is 0 Å². The summed E-state index contributed by atoms with van der Waals surface area (Å²) in [7, 11) is 0. The van der Waals surface area contributed by atoms with Gasteiger partial charge in [0.05, 0.1) is 0 Å². The first-order chi connectivity index (χ1) is 6.36. The molecule has 0 saturated heterocycles. The molecule has 0 fully saturated rings. The van der Waals surface area contributed by atoms with Crippen molar-refractivity contribution in [3.8, 4) is 0 Å². The fourth-order valence-corrected chi connectivity index (χ4v) is 1.11. The molecular formula is C8H7F3N2O. The van der Waals surface area contributed by atoms with E-state index in [1.54, 1.807) is 0 Å². The molecule has 6 heteroatoms. The summed E-state index contributed by atoms with van der Waals surface area (Å²) in [6.07, 6.45) is -4.22. The zero-order valence-electron chi connectivity index (χ0n) is 6.93. The van der Waals surface area contributed by atoms with Crippen molar-refractivity contribution in [2.75, 3.05) is 11.5 Å². The highest BCUT2D eigenvalue weighted by Crippen LogP contribution is 2.37. The van der Waals surface area contributed by atoms with Gasteiger partial charge in [0.1, 0.15) is 11.8 Å². The zero-order valence-corrected chi connectivity index (χ0v) is 6.93. The van der Waals surface area contributed by atoms with Gasteiger partial charge in [0.15, 0.2) is 0 Å². The SMILES string of the molecule is Nc1cc(C=O)cc(N)c1C(F)(F)F. The third kappa shape index (κ3) is 1.78. The fourth-order valence-electron chi connectivity index (χ4n) is 1.11. The van der Waals surface area contributed by atoms with E-state index >= 15 is 0 Å². The maximum atomic E-state index is 12.3. The lowest BCUT2D eigenvalue weighted by molar-refractivity contribution is -0.136. The van der Waals surface area contributed by atoms with Crippen molar-refractivity contribution in [3.63, 3.8) is 0 Å². The topological polar surface area (TPSA) is 69.1 Å². The standard InChI is InChI=1S/C8H7F3N2O/c9-8(10,11)7-5(12)1-4(3-14)2-6(7)13/h1-3H,12-13H2. The highest BCUT2D eigenvalue weighted by molar-refractivity contribution is 5.81. The molecule has 76 valence electrons. The number of aldehydes is 1. The van der Waals surface area contributed by atoms with E-state index in [1.165, 1.54) is 0 Å². The Morgan fingerprint density at radius 2 is 1.57 bits per heavy atom. The van der Waals surface area contributed by atoms with Gasteiger partial charge in [-0.05, 0) is 12.1 Å². The smallest absolute Gasteiger partial charge is 0.398 e. The largest absolute Gasteiger partial charge is 0.420 e. The average Bonchev–Trinajstić information content (AvgIpc) is 1.99. The molecule has 3 nitrogen and oxygen atoms in total. The van der Waals surface area contributed by atoms with Crippen molar-refractivity contribution in [3.05, 3.63) is 23.3 Å². The van der Waals surface area contributed by atoms with Crippen LogP contribution in [0.25, 0.3) is 0 Å². The molecule has 0 aliphatic heterocycles. The van der Waals surface area contributed by atoms with Gasteiger partial charge in [0, 0.05) is 16.9 Å². The molecule has 0 bridgehead atoms. The molecule has 0 aliphatic rings. The number of alkyl halides is 3. The van der Waals surface area contributed by atoms with Crippen LogP contribution in [0.4, 0.5) is 24.5 Å². The van der Waals surface area contributed by atoms with Gasteiger partial charge < -0.3 is 11.5 Å². The molecule has 0 aliphatic carbocycles. The van der Waals surface area contributed by atoms with Gasteiger partial charge in [-0.2, -0.15) is 13.2 Å². The number of anilines is 2. The summed E-state index contributed by atoms with van der Waals surface area (Å²) in [4.78, 5) is 10.3. The van der Waals surface area contributed by atoms with E-state index < -0.39 is 23.1 Å². The molecule has 0 heterocycles. The van der Waals surface area contributed by atoms with E-state index in [1.807, 2.05) is 0 Å². The molecule has 0 aromatic heterocycles. The van der Waals surface area contributed by atoms with Crippen LogP contribution in [0.15, 0.2) is 12.1 Å². The first-order valence-corrected chi connectivity index (χ1v) is 3.57. The number of halogens is 3. The molecule has 0 amide bonds. The van der Waals surface area contributed by atoms with Crippen molar-refractivity contribution in [2.24, 2.45) is 0 Å². The maximum Gasteiger partial charge on any atom is 0.420 e. The molecule has 0 unspecified atom stereocenters. The second kappa shape index (κ2) is 3.21. The number of nitrogen functional groups attached to an aromatic ring is 2. The molecule has 4 N–H and O–H groups in total. The summed E-state index contributed by atoms with van der Waals surface area (Å²) >= 11 is 0. The zero-order chi connectivity index (χ0) is 10.9. The number of hydrogen-bond donors (Lipinski definition) is 2. The summed E-state index contributed by atoms with van der Waals surface area (Å²) in [5.74, 6) is 0. The molecule has 1 rings (SSSR count). The summed E-state index contributed by atoms with van der Waals surface area (Å²) in [6.45, 7) is 0. The lowest BCUT2D eigenvalue weighted by Gasteiger charge is -2.12. The van der Waals surface area contributed by atoms with Crippen LogP contribution in [-0.4, -0.2) is 6.29 Å². The van der Waals surface area contributed by atoms with Crippen molar-refractivity contribution in [1.82, 2.24) is 0 Å². The van der Waals surface area contributed by atoms with Crippen molar-refractivity contribution in [2.45, 2.75) is 6.18 Å². The van der Waals surface area contributed by atoms with Crippen molar-refractivity contribution >= 4 is 17.7 Å². The first-order valence-electron chi connectivity index (χ1n) is 3.57. The van der Waals surface area contributed by atoms with Crippen molar-refractivity contribution < 1.29 is 18.0 Å². The van der Waals surface area contributed by atoms with E-state index in [4.69, 9.17) is 11.5 Å². The predicted octanol–water partition coefficient (Wildman–Crippen LogP) is 1.68. The first kappa shape index (κ1) is 10.4. The fraction of sp³-hybridized carbons (Fsp3) is 0.125. The van der Waals surface area contributed by atoms with Gasteiger partial charge in [-0.25, -0.2) is 0 Å². The molecule has 0 saturated carbocycles. The Morgan fingerprint density at radius 3 is 1.86 bits per heavy atom. The third-order valence-electron chi connectivity index (χ3n) is 1.64. The van der Waals surface area contributed by atoms with E-state index in [0.717, 1.165) is 12.1 Å². The van der Waals surface area contributed by atoms with E-state index in [-0.39, 0.29) is 5.56 Å². The maximum absolute atomic E-state index is 12.3. The number of carbonyl (C=O) groups excluding carboxylic acids is 1. The Kier molecular flexibility index (Phi) is 2.37. The van der Waals surface area contributed by atoms with Crippen LogP contribution in [0.1, 0.15) is 15.9 Å². The minimum atomic E-state index is -4.60. The number of nitrogens with two attached hydrogens (primary N) is 2. The molecular weight excluding hydrogens is 197 g/mol. The van der Waals surface area contributed by atoms with Crippen LogP contribution in [0.3, 0.4) is 0 Å². The molecule has 0 spiro atoms. The minimum Gasteiger partial charge on any atom is -0.398 e. The lowest BCUT2D eigenvalue weighted by Crippen LogP contribution is -2.12. The van der Waals surface area contributed by atoms with Crippen LogP contribution >= 0.6 is 0 Å². The monoisotopic (exact) mass is 204 g/mol. The second-order valence-electron chi connectivity index (χ2n) is 2.69. The third-order valence-corrected chi connectivity index (χ3v) is 1.64. The molecule has 1 aromatic carbocycles. The van der Waals surface area contributed by atoms with E-state index in [9.17, 15) is 18.0 Å². The van der Waals surface area contributed by atoms with Crippen LogP contribution in [0.2, 0.25) is 0 Å². The van der Waals surface area contributed by atoms with Crippen LogP contribution in [-0.2, 0) is 6.18 Å². The Hall–Kier alpha value is -1.72. The van der Waals surface area contributed by atoms with Crippen molar-refractivity contribution in [1.29, 1.82) is 0 Å². The van der Waals surface area contributed by atoms with Gasteiger partial charge in [-0.3, -0.25) is 4.79 Å². The van der Waals surface area contributed by atoms with E-state index in [0.29, 0.717) is 6.29 Å². The van der Waals surface area contributed by atoms with Gasteiger partial charge in [-0.1, -0.05) is 0 Å². The number of hydrogen-bond acceptors (Lipinski definition) is 3. The van der Waals surface area contributed by atoms with E-state index in [2.05, 4.69) is 0 Å². The molecule has 0 radical (unpaired) electrons. The molecule has 14 heavy (non-hydrogen) atoms. The van der Waals surface area contributed by atoms with Crippen LogP contribution in [0, 0.1) is 0 Å². The predicted molar refractivity (Wildman–Crippen MR) is 45.7 cm³/mol. The Balaban J connectivity index is 3.40. The lowest BCUT2D eigenvalue weighted by atomic mass is 10.1. The highest BCUT2D eigenvalue weighted by atomic mass is 19.4. The molecule has 1 aromatic rings. The van der Waals surface area contributed by atoms with Gasteiger partial charge in [0.2, 0.25) is 0 Å². The summed E-state index contributed by atoms with van der Waals surface area (Å²) in [6, 6.07) is 1.87.